The van der Waals surface area contributed by atoms with Crippen molar-refractivity contribution in [1.29, 1.82) is 0 Å². The minimum Gasteiger partial charge on any atom is -0.329 e. The van der Waals surface area contributed by atoms with Crippen molar-refractivity contribution in [1.82, 2.24) is 9.88 Å². The van der Waals surface area contributed by atoms with Crippen molar-refractivity contribution in [3.63, 3.8) is 0 Å². The van der Waals surface area contributed by atoms with Crippen molar-refractivity contribution in [2.24, 2.45) is 5.73 Å². The van der Waals surface area contributed by atoms with Crippen LogP contribution in [0.15, 0.2) is 48.8 Å². The molecule has 1 heterocycles. The molecule has 0 saturated heterocycles. The molecule has 1 unspecified atom stereocenters. The molecule has 0 radical (unpaired) electrons. The lowest BCUT2D eigenvalue weighted by molar-refractivity contribution is 0.242. The third-order valence-electron chi connectivity index (χ3n) is 3.17. The molecule has 0 spiro atoms. The highest BCUT2D eigenvalue weighted by atomic mass is 35.5. The summed E-state index contributed by atoms with van der Waals surface area (Å²) in [6.07, 6.45) is 3.61. The average molecular weight is 276 g/mol. The number of benzene rings is 1. The lowest BCUT2D eigenvalue weighted by Gasteiger charge is -2.27. The second kappa shape index (κ2) is 6.66. The van der Waals surface area contributed by atoms with Crippen molar-refractivity contribution >= 4 is 11.6 Å². The number of likely N-dealkylation sites (N-methyl/N-ethyl adjacent to an activating group) is 1. The lowest BCUT2D eigenvalue weighted by Crippen LogP contribution is -2.30. The standard InChI is InChI=1S/C15H18ClN3/c1-19(11-12-5-7-18-8-6-12)15(10-17)13-3-2-4-14(16)9-13/h2-9,15H,10-11,17H2,1H3. The van der Waals surface area contributed by atoms with Crippen LogP contribution in [-0.2, 0) is 6.54 Å². The van der Waals surface area contributed by atoms with E-state index >= 15 is 0 Å². The van der Waals surface area contributed by atoms with Crippen LogP contribution in [0.3, 0.4) is 0 Å². The van der Waals surface area contributed by atoms with Gasteiger partial charge in [-0.05, 0) is 42.4 Å². The van der Waals surface area contributed by atoms with Gasteiger partial charge < -0.3 is 5.73 Å². The Balaban J connectivity index is 2.13. The van der Waals surface area contributed by atoms with Gasteiger partial charge in [-0.3, -0.25) is 9.88 Å². The van der Waals surface area contributed by atoms with E-state index in [9.17, 15) is 0 Å². The summed E-state index contributed by atoms with van der Waals surface area (Å²) in [6.45, 7) is 1.39. The van der Waals surface area contributed by atoms with E-state index in [1.54, 1.807) is 12.4 Å². The first-order valence-corrected chi connectivity index (χ1v) is 6.63. The van der Waals surface area contributed by atoms with Crippen molar-refractivity contribution in [3.05, 3.63) is 64.9 Å². The van der Waals surface area contributed by atoms with Gasteiger partial charge in [-0.25, -0.2) is 0 Å². The first-order valence-electron chi connectivity index (χ1n) is 6.25. The summed E-state index contributed by atoms with van der Waals surface area (Å²) in [5.41, 5.74) is 8.28. The number of aromatic nitrogens is 1. The molecule has 0 amide bonds. The van der Waals surface area contributed by atoms with Crippen molar-refractivity contribution < 1.29 is 0 Å². The van der Waals surface area contributed by atoms with Crippen LogP contribution < -0.4 is 5.73 Å². The predicted octanol–water partition coefficient (Wildman–Crippen LogP) is 2.87. The zero-order valence-electron chi connectivity index (χ0n) is 11.0. The van der Waals surface area contributed by atoms with Gasteiger partial charge in [0.15, 0.2) is 0 Å². The lowest BCUT2D eigenvalue weighted by atomic mass is 10.1. The van der Waals surface area contributed by atoms with Gasteiger partial charge in [-0.15, -0.1) is 0 Å². The van der Waals surface area contributed by atoms with Crippen LogP contribution in [0.25, 0.3) is 0 Å². The van der Waals surface area contributed by atoms with E-state index in [1.807, 2.05) is 30.3 Å². The van der Waals surface area contributed by atoms with Gasteiger partial charge >= 0.3 is 0 Å². The molecule has 0 fully saturated rings. The summed E-state index contributed by atoms with van der Waals surface area (Å²) in [5, 5.41) is 0.744. The molecule has 19 heavy (non-hydrogen) atoms. The quantitative estimate of drug-likeness (QED) is 0.912. The Bertz CT molecular complexity index is 516. The minimum absolute atomic E-state index is 0.159. The predicted molar refractivity (Wildman–Crippen MR) is 79.0 cm³/mol. The smallest absolute Gasteiger partial charge is 0.0471 e. The van der Waals surface area contributed by atoms with Gasteiger partial charge in [0.05, 0.1) is 0 Å². The fourth-order valence-corrected chi connectivity index (χ4v) is 2.37. The second-order valence-corrected chi connectivity index (χ2v) is 5.01. The fourth-order valence-electron chi connectivity index (χ4n) is 2.17. The van der Waals surface area contributed by atoms with E-state index in [-0.39, 0.29) is 6.04 Å². The number of pyridine rings is 1. The van der Waals surface area contributed by atoms with E-state index in [0.29, 0.717) is 6.54 Å². The van der Waals surface area contributed by atoms with Crippen LogP contribution in [0.1, 0.15) is 17.2 Å². The number of nitrogens with zero attached hydrogens (tertiary/aromatic N) is 2. The molecule has 0 bridgehead atoms. The molecule has 0 aliphatic heterocycles. The average Bonchev–Trinajstić information content (AvgIpc) is 2.41. The van der Waals surface area contributed by atoms with E-state index < -0.39 is 0 Å². The Hall–Kier alpha value is -1.42. The molecule has 2 N–H and O–H groups in total. The largest absolute Gasteiger partial charge is 0.329 e. The summed E-state index contributed by atoms with van der Waals surface area (Å²) in [6, 6.07) is 12.1. The third kappa shape index (κ3) is 3.77. The van der Waals surface area contributed by atoms with Gasteiger partial charge in [0, 0.05) is 36.5 Å². The molecular formula is C15H18ClN3. The molecule has 0 aliphatic carbocycles. The van der Waals surface area contributed by atoms with Gasteiger partial charge in [0.25, 0.3) is 0 Å². The third-order valence-corrected chi connectivity index (χ3v) is 3.41. The van der Waals surface area contributed by atoms with Gasteiger partial charge in [0.2, 0.25) is 0 Å². The summed E-state index contributed by atoms with van der Waals surface area (Å²) >= 11 is 6.04. The van der Waals surface area contributed by atoms with Crippen molar-refractivity contribution in [2.45, 2.75) is 12.6 Å². The van der Waals surface area contributed by atoms with Gasteiger partial charge in [0.1, 0.15) is 0 Å². The Morgan fingerprint density at radius 3 is 2.63 bits per heavy atom. The van der Waals surface area contributed by atoms with Crippen LogP contribution in [0.4, 0.5) is 0 Å². The fraction of sp³-hybridized carbons (Fsp3) is 0.267. The maximum atomic E-state index is 6.04. The summed E-state index contributed by atoms with van der Waals surface area (Å²) in [4.78, 5) is 6.25. The number of rotatable bonds is 5. The van der Waals surface area contributed by atoms with E-state index in [1.165, 1.54) is 5.56 Å². The second-order valence-electron chi connectivity index (χ2n) is 4.58. The highest BCUT2D eigenvalue weighted by Gasteiger charge is 2.15. The summed E-state index contributed by atoms with van der Waals surface area (Å²) < 4.78 is 0. The van der Waals surface area contributed by atoms with Crippen molar-refractivity contribution in [2.75, 3.05) is 13.6 Å². The molecule has 2 aromatic rings. The summed E-state index contributed by atoms with van der Waals surface area (Å²) in [5.74, 6) is 0. The highest BCUT2D eigenvalue weighted by molar-refractivity contribution is 6.30. The molecular weight excluding hydrogens is 258 g/mol. The van der Waals surface area contributed by atoms with Gasteiger partial charge in [-0.2, -0.15) is 0 Å². The number of hydrogen-bond donors (Lipinski definition) is 1. The number of nitrogens with two attached hydrogens (primary N) is 1. The Morgan fingerprint density at radius 2 is 2.00 bits per heavy atom. The first-order chi connectivity index (χ1) is 9.20. The topological polar surface area (TPSA) is 42.2 Å². The summed E-state index contributed by atoms with van der Waals surface area (Å²) in [7, 11) is 2.07. The molecule has 1 aromatic heterocycles. The van der Waals surface area contributed by atoms with Crippen LogP contribution in [-0.4, -0.2) is 23.5 Å². The van der Waals surface area contributed by atoms with Crippen LogP contribution in [0, 0.1) is 0 Å². The Morgan fingerprint density at radius 1 is 1.26 bits per heavy atom. The van der Waals surface area contributed by atoms with E-state index in [0.717, 1.165) is 17.1 Å². The molecule has 1 aromatic carbocycles. The number of halogens is 1. The monoisotopic (exact) mass is 275 g/mol. The zero-order valence-corrected chi connectivity index (χ0v) is 11.7. The highest BCUT2D eigenvalue weighted by Crippen LogP contribution is 2.22. The van der Waals surface area contributed by atoms with Crippen LogP contribution in [0.5, 0.6) is 0 Å². The molecule has 2 rings (SSSR count). The van der Waals surface area contributed by atoms with Crippen LogP contribution in [0.2, 0.25) is 5.02 Å². The molecule has 0 saturated carbocycles. The van der Waals surface area contributed by atoms with E-state index in [4.69, 9.17) is 17.3 Å². The zero-order chi connectivity index (χ0) is 13.7. The molecule has 3 nitrogen and oxygen atoms in total. The normalized spacial score (nSPS) is 12.6. The van der Waals surface area contributed by atoms with Gasteiger partial charge in [-0.1, -0.05) is 23.7 Å². The Labute approximate surface area is 119 Å². The van der Waals surface area contributed by atoms with Crippen LogP contribution >= 0.6 is 11.6 Å². The molecule has 4 heteroatoms. The molecule has 0 aliphatic rings. The first kappa shape index (κ1) is 14.0. The number of hydrogen-bond acceptors (Lipinski definition) is 3. The van der Waals surface area contributed by atoms with E-state index in [2.05, 4.69) is 23.0 Å². The Kier molecular flexibility index (Phi) is 4.91. The minimum atomic E-state index is 0.159. The SMILES string of the molecule is CN(Cc1ccncc1)C(CN)c1cccc(Cl)c1. The molecule has 100 valence electrons. The van der Waals surface area contributed by atoms with Crippen molar-refractivity contribution in [3.8, 4) is 0 Å². The maximum Gasteiger partial charge on any atom is 0.0471 e. The maximum absolute atomic E-state index is 6.04. The molecule has 1 atom stereocenters.